The van der Waals surface area contributed by atoms with E-state index in [2.05, 4.69) is 18.2 Å². The predicted molar refractivity (Wildman–Crippen MR) is 84.4 cm³/mol. The highest BCUT2D eigenvalue weighted by Crippen LogP contribution is 2.39. The van der Waals surface area contributed by atoms with Crippen molar-refractivity contribution in [1.82, 2.24) is 0 Å². The lowest BCUT2D eigenvalue weighted by Gasteiger charge is -2.17. The van der Waals surface area contributed by atoms with Crippen molar-refractivity contribution in [2.45, 2.75) is 23.8 Å². The van der Waals surface area contributed by atoms with Gasteiger partial charge in [-0.2, -0.15) is 0 Å². The molecule has 0 bridgehead atoms. The number of thioether (sulfide) groups is 1. The van der Waals surface area contributed by atoms with Gasteiger partial charge in [0.25, 0.3) is 0 Å². The molecule has 3 rings (SSSR count). The van der Waals surface area contributed by atoms with Crippen molar-refractivity contribution < 1.29 is 9.13 Å². The Morgan fingerprint density at radius 1 is 1.33 bits per heavy atom. The first-order valence-corrected chi connectivity index (χ1v) is 8.03. The third-order valence-corrected chi connectivity index (χ3v) is 4.96. The van der Waals surface area contributed by atoms with Crippen molar-refractivity contribution in [3.63, 3.8) is 0 Å². The Balaban J connectivity index is 1.76. The molecule has 0 amide bonds. The van der Waals surface area contributed by atoms with E-state index >= 15 is 0 Å². The SMILES string of the molecule is C[C@@H](N)c1ccc(F)cc1OCC1CSc2ccccc21. The van der Waals surface area contributed by atoms with Crippen molar-refractivity contribution in [2.75, 3.05) is 12.4 Å². The summed E-state index contributed by atoms with van der Waals surface area (Å²) in [4.78, 5) is 1.32. The molecule has 0 aliphatic carbocycles. The number of nitrogens with two attached hydrogens (primary N) is 1. The molecule has 1 heterocycles. The molecule has 2 aromatic rings. The van der Waals surface area contributed by atoms with E-state index in [0.717, 1.165) is 11.3 Å². The van der Waals surface area contributed by atoms with E-state index in [-0.39, 0.29) is 11.9 Å². The zero-order valence-corrected chi connectivity index (χ0v) is 12.7. The van der Waals surface area contributed by atoms with Crippen LogP contribution in [0, 0.1) is 5.82 Å². The van der Waals surface area contributed by atoms with Gasteiger partial charge in [0.15, 0.2) is 0 Å². The lowest BCUT2D eigenvalue weighted by molar-refractivity contribution is 0.292. The Labute approximate surface area is 128 Å². The molecular weight excluding hydrogens is 285 g/mol. The van der Waals surface area contributed by atoms with Crippen LogP contribution in [0.1, 0.15) is 30.0 Å². The van der Waals surface area contributed by atoms with E-state index in [1.54, 1.807) is 6.07 Å². The molecule has 1 aliphatic rings. The minimum atomic E-state index is -0.296. The Morgan fingerprint density at radius 2 is 2.14 bits per heavy atom. The highest BCUT2D eigenvalue weighted by molar-refractivity contribution is 7.99. The Bertz CT molecular complexity index is 644. The summed E-state index contributed by atoms with van der Waals surface area (Å²) in [7, 11) is 0. The predicted octanol–water partition coefficient (Wildman–Crippen LogP) is 4.11. The number of benzene rings is 2. The Kier molecular flexibility index (Phi) is 4.17. The van der Waals surface area contributed by atoms with Crippen molar-refractivity contribution in [3.8, 4) is 5.75 Å². The number of halogens is 1. The van der Waals surface area contributed by atoms with E-state index in [0.29, 0.717) is 18.3 Å². The molecule has 0 saturated heterocycles. The van der Waals surface area contributed by atoms with Crippen LogP contribution in [-0.2, 0) is 0 Å². The molecule has 110 valence electrons. The van der Waals surface area contributed by atoms with Gasteiger partial charge >= 0.3 is 0 Å². The van der Waals surface area contributed by atoms with Gasteiger partial charge in [-0.1, -0.05) is 24.3 Å². The third kappa shape index (κ3) is 3.06. The van der Waals surface area contributed by atoms with Crippen LogP contribution in [0.15, 0.2) is 47.4 Å². The van der Waals surface area contributed by atoms with Crippen LogP contribution in [-0.4, -0.2) is 12.4 Å². The molecule has 2 nitrogen and oxygen atoms in total. The lowest BCUT2D eigenvalue weighted by atomic mass is 10.0. The molecule has 21 heavy (non-hydrogen) atoms. The molecule has 0 saturated carbocycles. The van der Waals surface area contributed by atoms with Crippen LogP contribution in [0.3, 0.4) is 0 Å². The zero-order chi connectivity index (χ0) is 14.8. The van der Waals surface area contributed by atoms with Crippen molar-refractivity contribution in [1.29, 1.82) is 0 Å². The van der Waals surface area contributed by atoms with Crippen LogP contribution < -0.4 is 10.5 Å². The van der Waals surface area contributed by atoms with Gasteiger partial charge in [-0.05, 0) is 24.6 Å². The summed E-state index contributed by atoms with van der Waals surface area (Å²) in [6.07, 6.45) is 0. The fourth-order valence-electron chi connectivity index (χ4n) is 2.57. The molecule has 0 aromatic heterocycles. The highest BCUT2D eigenvalue weighted by atomic mass is 32.2. The molecule has 2 N–H and O–H groups in total. The molecule has 1 unspecified atom stereocenters. The maximum Gasteiger partial charge on any atom is 0.126 e. The van der Waals surface area contributed by atoms with Crippen LogP contribution in [0.5, 0.6) is 5.75 Å². The molecule has 0 spiro atoms. The van der Waals surface area contributed by atoms with Crippen LogP contribution in [0.2, 0.25) is 0 Å². The van der Waals surface area contributed by atoms with Crippen LogP contribution in [0.4, 0.5) is 4.39 Å². The van der Waals surface area contributed by atoms with Crippen molar-refractivity contribution in [2.24, 2.45) is 5.73 Å². The quantitative estimate of drug-likeness (QED) is 0.923. The van der Waals surface area contributed by atoms with Gasteiger partial charge in [-0.25, -0.2) is 4.39 Å². The third-order valence-electron chi connectivity index (χ3n) is 3.71. The first-order valence-electron chi connectivity index (χ1n) is 7.04. The number of ether oxygens (including phenoxy) is 1. The maximum atomic E-state index is 13.4. The van der Waals surface area contributed by atoms with Gasteiger partial charge in [0.05, 0.1) is 6.61 Å². The number of fused-ring (bicyclic) bond motifs is 1. The minimum Gasteiger partial charge on any atom is -0.492 e. The normalized spacial score (nSPS) is 18.3. The number of hydrogen-bond donors (Lipinski definition) is 1. The van der Waals surface area contributed by atoms with Crippen LogP contribution >= 0.6 is 11.8 Å². The molecule has 2 atom stereocenters. The summed E-state index contributed by atoms with van der Waals surface area (Å²) in [5, 5.41) is 0. The molecule has 4 heteroatoms. The topological polar surface area (TPSA) is 35.2 Å². The van der Waals surface area contributed by atoms with Crippen molar-refractivity contribution in [3.05, 3.63) is 59.4 Å². The number of rotatable bonds is 4. The molecule has 0 radical (unpaired) electrons. The van der Waals surface area contributed by atoms with Crippen LogP contribution in [0.25, 0.3) is 0 Å². The van der Waals surface area contributed by atoms with Gasteiger partial charge in [0.2, 0.25) is 0 Å². The van der Waals surface area contributed by atoms with Crippen molar-refractivity contribution >= 4 is 11.8 Å². The second-order valence-electron chi connectivity index (χ2n) is 5.33. The fourth-order valence-corrected chi connectivity index (χ4v) is 3.80. The maximum absolute atomic E-state index is 13.4. The summed E-state index contributed by atoms with van der Waals surface area (Å²) in [6, 6.07) is 12.7. The minimum absolute atomic E-state index is 0.175. The standard InChI is InChI=1S/C17H18FNOS/c1-11(19)14-7-6-13(18)8-16(14)20-9-12-10-21-17-5-3-2-4-15(12)17/h2-8,11-12H,9-10,19H2,1H3/t11-,12?/m1/s1. The summed E-state index contributed by atoms with van der Waals surface area (Å²) in [5.74, 6) is 1.60. The van der Waals surface area contributed by atoms with Gasteiger partial charge in [-0.3, -0.25) is 0 Å². The first kappa shape index (κ1) is 14.4. The van der Waals surface area contributed by atoms with E-state index in [1.165, 1.54) is 22.6 Å². The molecule has 0 fully saturated rings. The average Bonchev–Trinajstić information content (AvgIpc) is 2.88. The van der Waals surface area contributed by atoms with Gasteiger partial charge in [-0.15, -0.1) is 11.8 Å². The van der Waals surface area contributed by atoms with Gasteiger partial charge in [0, 0.05) is 34.2 Å². The Hall–Kier alpha value is -1.52. The largest absolute Gasteiger partial charge is 0.492 e. The summed E-state index contributed by atoms with van der Waals surface area (Å²) in [5.41, 5.74) is 8.08. The lowest BCUT2D eigenvalue weighted by Crippen LogP contribution is -2.13. The summed E-state index contributed by atoms with van der Waals surface area (Å²) >= 11 is 1.85. The number of hydrogen-bond acceptors (Lipinski definition) is 3. The molecular formula is C17H18FNOS. The fraction of sp³-hybridized carbons (Fsp3) is 0.294. The summed E-state index contributed by atoms with van der Waals surface area (Å²) < 4.78 is 19.3. The Morgan fingerprint density at radius 3 is 2.95 bits per heavy atom. The van der Waals surface area contributed by atoms with E-state index in [9.17, 15) is 4.39 Å². The van der Waals surface area contributed by atoms with E-state index < -0.39 is 0 Å². The smallest absolute Gasteiger partial charge is 0.126 e. The van der Waals surface area contributed by atoms with E-state index in [4.69, 9.17) is 10.5 Å². The summed E-state index contributed by atoms with van der Waals surface area (Å²) in [6.45, 7) is 2.42. The highest BCUT2D eigenvalue weighted by Gasteiger charge is 2.23. The monoisotopic (exact) mass is 303 g/mol. The average molecular weight is 303 g/mol. The first-order chi connectivity index (χ1) is 10.1. The van der Waals surface area contributed by atoms with Gasteiger partial charge in [0.1, 0.15) is 11.6 Å². The molecule has 1 aliphatic heterocycles. The molecule has 2 aromatic carbocycles. The second kappa shape index (κ2) is 6.08. The second-order valence-corrected chi connectivity index (χ2v) is 6.39. The van der Waals surface area contributed by atoms with Gasteiger partial charge < -0.3 is 10.5 Å². The zero-order valence-electron chi connectivity index (χ0n) is 11.9. The van der Waals surface area contributed by atoms with E-state index in [1.807, 2.05) is 24.8 Å².